The maximum atomic E-state index is 11.7. The second kappa shape index (κ2) is 6.32. The number of nitrogens with two attached hydrogens (primary N) is 1. The van der Waals surface area contributed by atoms with E-state index in [1.165, 1.54) is 16.7 Å². The van der Waals surface area contributed by atoms with E-state index in [4.69, 9.17) is 15.2 Å². The van der Waals surface area contributed by atoms with Crippen LogP contribution in [0.4, 0.5) is 5.69 Å². The van der Waals surface area contributed by atoms with Crippen LogP contribution >= 0.6 is 0 Å². The van der Waals surface area contributed by atoms with Crippen LogP contribution in [-0.2, 0) is 19.4 Å². The van der Waals surface area contributed by atoms with Crippen LogP contribution in [0.3, 0.4) is 0 Å². The largest absolute Gasteiger partial charge is 0.493 e. The first-order chi connectivity index (χ1) is 12.5. The van der Waals surface area contributed by atoms with Crippen molar-refractivity contribution in [2.75, 3.05) is 26.5 Å². The molecule has 0 radical (unpaired) electrons. The number of ketones is 1. The molecule has 0 fully saturated rings. The van der Waals surface area contributed by atoms with Gasteiger partial charge in [-0.1, -0.05) is 12.1 Å². The predicted molar refractivity (Wildman–Crippen MR) is 101 cm³/mol. The van der Waals surface area contributed by atoms with E-state index in [0.717, 1.165) is 37.1 Å². The fraction of sp³-hybridized carbons (Fsp3) is 0.381. The first-order valence-electron chi connectivity index (χ1n) is 8.93. The highest BCUT2D eigenvalue weighted by Gasteiger charge is 2.35. The van der Waals surface area contributed by atoms with Crippen LogP contribution in [0.5, 0.6) is 11.5 Å². The first kappa shape index (κ1) is 16.9. The lowest BCUT2D eigenvalue weighted by Crippen LogP contribution is -2.40. The second-order valence-corrected chi connectivity index (χ2v) is 7.08. The number of ether oxygens (including phenoxy) is 2. The van der Waals surface area contributed by atoms with Crippen molar-refractivity contribution in [3.8, 4) is 11.5 Å². The average molecular weight is 352 g/mol. The number of anilines is 1. The normalized spacial score (nSPS) is 18.5. The molecule has 0 bridgehead atoms. The summed E-state index contributed by atoms with van der Waals surface area (Å²) in [4.78, 5) is 14.2. The average Bonchev–Trinajstić information content (AvgIpc) is 2.65. The number of carbonyl (C=O) groups is 1. The maximum absolute atomic E-state index is 11.7. The zero-order valence-corrected chi connectivity index (χ0v) is 15.5. The zero-order valence-electron chi connectivity index (χ0n) is 15.5. The minimum absolute atomic E-state index is 0.111. The third kappa shape index (κ3) is 2.54. The molecule has 1 atom stereocenters. The van der Waals surface area contributed by atoms with Crippen LogP contribution in [0, 0.1) is 0 Å². The van der Waals surface area contributed by atoms with Crippen molar-refractivity contribution in [2.24, 2.45) is 0 Å². The zero-order chi connectivity index (χ0) is 18.4. The molecule has 0 aliphatic carbocycles. The van der Waals surface area contributed by atoms with E-state index in [9.17, 15) is 4.79 Å². The number of nitrogen functional groups attached to an aromatic ring is 1. The summed E-state index contributed by atoms with van der Waals surface area (Å²) in [6.45, 7) is 3.43. The molecule has 2 aliphatic rings. The molecule has 4 rings (SSSR count). The lowest BCUT2D eigenvalue weighted by Gasteiger charge is -2.42. The van der Waals surface area contributed by atoms with Gasteiger partial charge >= 0.3 is 0 Å². The van der Waals surface area contributed by atoms with E-state index in [2.05, 4.69) is 17.0 Å². The van der Waals surface area contributed by atoms with E-state index in [1.54, 1.807) is 21.1 Å². The summed E-state index contributed by atoms with van der Waals surface area (Å²) >= 11 is 0. The number of Topliss-reactive ketones (excluding diaryl/α,β-unsaturated/α-hetero) is 1. The highest BCUT2D eigenvalue weighted by atomic mass is 16.5. The Hall–Kier alpha value is -2.53. The summed E-state index contributed by atoms with van der Waals surface area (Å²) in [7, 11) is 3.27. The van der Waals surface area contributed by atoms with Crippen molar-refractivity contribution in [3.63, 3.8) is 0 Å². The minimum atomic E-state index is 0.111. The van der Waals surface area contributed by atoms with Gasteiger partial charge in [0, 0.05) is 24.7 Å². The summed E-state index contributed by atoms with van der Waals surface area (Å²) in [6, 6.07) is 8.36. The Morgan fingerprint density at radius 3 is 2.65 bits per heavy atom. The van der Waals surface area contributed by atoms with Crippen LogP contribution in [0.25, 0.3) is 0 Å². The number of benzene rings is 2. The lowest BCUT2D eigenvalue weighted by molar-refractivity contribution is 0.101. The molecule has 2 N–H and O–H groups in total. The van der Waals surface area contributed by atoms with Crippen molar-refractivity contribution in [1.29, 1.82) is 0 Å². The van der Waals surface area contributed by atoms with Gasteiger partial charge < -0.3 is 15.2 Å². The molecule has 5 heteroatoms. The van der Waals surface area contributed by atoms with Gasteiger partial charge in [0.1, 0.15) is 0 Å². The highest BCUT2D eigenvalue weighted by molar-refractivity contribution is 5.94. The highest BCUT2D eigenvalue weighted by Crippen LogP contribution is 2.47. The number of fused-ring (bicyclic) bond motifs is 4. The number of nitrogens with zero attached hydrogens (tertiary/aromatic N) is 1. The van der Waals surface area contributed by atoms with Crippen LogP contribution < -0.4 is 15.2 Å². The van der Waals surface area contributed by atoms with E-state index in [1.807, 2.05) is 12.1 Å². The molecule has 0 saturated carbocycles. The van der Waals surface area contributed by atoms with Crippen LogP contribution in [0.2, 0.25) is 0 Å². The number of rotatable bonds is 3. The number of hydrogen-bond acceptors (Lipinski definition) is 5. The SMILES string of the molecule is COc1cc2c(c(N)c1OC)C1Cc3ccc(C(C)=O)cc3CN1CC2. The van der Waals surface area contributed by atoms with Crippen molar-refractivity contribution < 1.29 is 14.3 Å². The summed E-state index contributed by atoms with van der Waals surface area (Å²) in [5.74, 6) is 1.42. The van der Waals surface area contributed by atoms with Gasteiger partial charge in [-0.2, -0.15) is 0 Å². The van der Waals surface area contributed by atoms with Crippen molar-refractivity contribution in [2.45, 2.75) is 32.4 Å². The molecule has 136 valence electrons. The van der Waals surface area contributed by atoms with Gasteiger partial charge in [-0.3, -0.25) is 9.69 Å². The Morgan fingerprint density at radius 2 is 1.96 bits per heavy atom. The summed E-state index contributed by atoms with van der Waals surface area (Å²) in [6.07, 6.45) is 1.82. The molecule has 2 aliphatic heterocycles. The van der Waals surface area contributed by atoms with E-state index in [-0.39, 0.29) is 11.8 Å². The monoisotopic (exact) mass is 352 g/mol. The quantitative estimate of drug-likeness (QED) is 0.679. The van der Waals surface area contributed by atoms with Gasteiger partial charge in [-0.15, -0.1) is 0 Å². The molecule has 0 amide bonds. The molecular weight excluding hydrogens is 328 g/mol. The second-order valence-electron chi connectivity index (χ2n) is 7.08. The smallest absolute Gasteiger partial charge is 0.184 e. The van der Waals surface area contributed by atoms with Crippen LogP contribution in [0.15, 0.2) is 24.3 Å². The molecule has 2 aromatic rings. The molecule has 26 heavy (non-hydrogen) atoms. The van der Waals surface area contributed by atoms with Gasteiger partial charge in [0.25, 0.3) is 0 Å². The summed E-state index contributed by atoms with van der Waals surface area (Å²) in [5, 5.41) is 0. The van der Waals surface area contributed by atoms with Gasteiger partial charge in [0.05, 0.1) is 19.9 Å². The molecule has 0 saturated heterocycles. The third-order valence-corrected chi connectivity index (χ3v) is 5.68. The number of hydrogen-bond donors (Lipinski definition) is 1. The van der Waals surface area contributed by atoms with Crippen molar-refractivity contribution in [1.82, 2.24) is 4.90 Å². The summed E-state index contributed by atoms with van der Waals surface area (Å²) < 4.78 is 11.0. The Labute approximate surface area is 153 Å². The first-order valence-corrected chi connectivity index (χ1v) is 8.93. The fourth-order valence-corrected chi connectivity index (χ4v) is 4.33. The molecule has 0 aromatic heterocycles. The Morgan fingerprint density at radius 1 is 1.15 bits per heavy atom. The molecule has 2 heterocycles. The predicted octanol–water partition coefficient (Wildman–Crippen LogP) is 3.14. The van der Waals surface area contributed by atoms with Gasteiger partial charge in [0.15, 0.2) is 17.3 Å². The maximum Gasteiger partial charge on any atom is 0.184 e. The van der Waals surface area contributed by atoms with Crippen molar-refractivity contribution >= 4 is 11.5 Å². The van der Waals surface area contributed by atoms with Crippen LogP contribution in [0.1, 0.15) is 45.6 Å². The Kier molecular flexibility index (Phi) is 4.11. The van der Waals surface area contributed by atoms with Gasteiger partial charge in [-0.05, 0) is 54.2 Å². The third-order valence-electron chi connectivity index (χ3n) is 5.68. The van der Waals surface area contributed by atoms with Crippen molar-refractivity contribution in [3.05, 3.63) is 52.1 Å². The Balaban J connectivity index is 1.78. The molecule has 5 nitrogen and oxygen atoms in total. The van der Waals surface area contributed by atoms with E-state index in [0.29, 0.717) is 17.2 Å². The Bertz CT molecular complexity index is 891. The van der Waals surface area contributed by atoms with Gasteiger partial charge in [-0.25, -0.2) is 0 Å². The summed E-state index contributed by atoms with van der Waals surface area (Å²) in [5.41, 5.74) is 12.9. The topological polar surface area (TPSA) is 64.8 Å². The molecule has 0 spiro atoms. The van der Waals surface area contributed by atoms with E-state index >= 15 is 0 Å². The fourth-order valence-electron chi connectivity index (χ4n) is 4.33. The standard InChI is InChI=1S/C21H24N2O3/c1-12(24)13-4-5-14-9-17-19-15(6-7-23(17)11-16(14)8-13)10-18(25-2)21(26-3)20(19)22/h4-5,8,10,17H,6-7,9,11,22H2,1-3H3. The lowest BCUT2D eigenvalue weighted by atomic mass is 9.82. The molecular formula is C21H24N2O3. The van der Waals surface area contributed by atoms with Gasteiger partial charge in [0.2, 0.25) is 0 Å². The molecule has 2 aromatic carbocycles. The number of carbonyl (C=O) groups excluding carboxylic acids is 1. The van der Waals surface area contributed by atoms with Crippen LogP contribution in [-0.4, -0.2) is 31.4 Å². The molecule has 1 unspecified atom stereocenters. The number of methoxy groups -OCH3 is 2. The van der Waals surface area contributed by atoms with E-state index < -0.39 is 0 Å². The minimum Gasteiger partial charge on any atom is -0.493 e.